The first kappa shape index (κ1) is 17.3. The summed E-state index contributed by atoms with van der Waals surface area (Å²) >= 11 is 1.89. The van der Waals surface area contributed by atoms with E-state index in [1.54, 1.807) is 6.92 Å². The molecule has 0 radical (unpaired) electrons. The van der Waals surface area contributed by atoms with E-state index in [1.165, 1.54) is 4.90 Å². The summed E-state index contributed by atoms with van der Waals surface area (Å²) in [6.07, 6.45) is 2.74. The Hall–Kier alpha value is -1.49. The molecule has 0 N–H and O–H groups in total. The van der Waals surface area contributed by atoms with Gasteiger partial charge in [0.1, 0.15) is 0 Å². The highest BCUT2D eigenvalue weighted by molar-refractivity contribution is 7.99. The fourth-order valence-electron chi connectivity index (χ4n) is 3.60. The Balaban J connectivity index is 1.43. The normalized spacial score (nSPS) is 22.0. The van der Waals surface area contributed by atoms with E-state index in [0.717, 1.165) is 51.2 Å². The Bertz CT molecular complexity index is 570. The first-order valence-corrected chi connectivity index (χ1v) is 9.84. The van der Waals surface area contributed by atoms with Crippen molar-refractivity contribution in [2.24, 2.45) is 11.8 Å². The zero-order valence-electron chi connectivity index (χ0n) is 14.3. The van der Waals surface area contributed by atoms with Crippen molar-refractivity contribution in [2.45, 2.75) is 31.1 Å². The number of amides is 2. The van der Waals surface area contributed by atoms with E-state index in [-0.39, 0.29) is 11.8 Å². The quantitative estimate of drug-likeness (QED) is 0.787. The summed E-state index contributed by atoms with van der Waals surface area (Å²) < 4.78 is 0. The van der Waals surface area contributed by atoms with Gasteiger partial charge in [-0.15, -0.1) is 11.8 Å². The molecule has 2 amide bonds. The topological polar surface area (TPSA) is 40.6 Å². The smallest absolute Gasteiger partial charge is 0.225 e. The van der Waals surface area contributed by atoms with Crippen LogP contribution in [0.5, 0.6) is 0 Å². The SMILES string of the molecule is CC(=O)N1CCC(C(=O)N2CC[C@@H](CSc3ccccc3)C2)CC1. The predicted molar refractivity (Wildman–Crippen MR) is 96.8 cm³/mol. The lowest BCUT2D eigenvalue weighted by atomic mass is 9.95. The van der Waals surface area contributed by atoms with Crippen molar-refractivity contribution in [2.75, 3.05) is 31.9 Å². The number of thioether (sulfide) groups is 1. The molecule has 0 saturated carbocycles. The van der Waals surface area contributed by atoms with Crippen LogP contribution in [0.4, 0.5) is 0 Å². The molecule has 2 fully saturated rings. The van der Waals surface area contributed by atoms with Crippen LogP contribution in [0, 0.1) is 11.8 Å². The van der Waals surface area contributed by atoms with Crippen molar-refractivity contribution in [3.8, 4) is 0 Å². The molecule has 2 heterocycles. The Morgan fingerprint density at radius 2 is 1.71 bits per heavy atom. The summed E-state index contributed by atoms with van der Waals surface area (Å²) in [5.41, 5.74) is 0. The van der Waals surface area contributed by atoms with Crippen molar-refractivity contribution >= 4 is 23.6 Å². The van der Waals surface area contributed by atoms with Crippen LogP contribution < -0.4 is 0 Å². The average Bonchev–Trinajstić information content (AvgIpc) is 3.09. The molecular weight excluding hydrogens is 320 g/mol. The second-order valence-corrected chi connectivity index (χ2v) is 7.94. The van der Waals surface area contributed by atoms with E-state index in [9.17, 15) is 9.59 Å². The van der Waals surface area contributed by atoms with Crippen LogP contribution in [0.1, 0.15) is 26.2 Å². The summed E-state index contributed by atoms with van der Waals surface area (Å²) in [5, 5.41) is 0. The minimum absolute atomic E-state index is 0.112. The maximum absolute atomic E-state index is 12.7. The molecule has 1 aromatic carbocycles. The van der Waals surface area contributed by atoms with Crippen LogP contribution in [-0.4, -0.2) is 53.5 Å². The zero-order valence-corrected chi connectivity index (χ0v) is 15.1. The number of hydrogen-bond acceptors (Lipinski definition) is 3. The largest absolute Gasteiger partial charge is 0.343 e. The lowest BCUT2D eigenvalue weighted by molar-refractivity contribution is -0.139. The van der Waals surface area contributed by atoms with Gasteiger partial charge < -0.3 is 9.80 Å². The highest BCUT2D eigenvalue weighted by Gasteiger charge is 2.33. The zero-order chi connectivity index (χ0) is 16.9. The number of hydrogen-bond donors (Lipinski definition) is 0. The molecule has 0 unspecified atom stereocenters. The number of rotatable bonds is 4. The summed E-state index contributed by atoms with van der Waals surface area (Å²) in [4.78, 5) is 29.3. The van der Waals surface area contributed by atoms with Crippen LogP contribution in [0.3, 0.4) is 0 Å². The molecule has 1 aromatic rings. The van der Waals surface area contributed by atoms with Crippen molar-refractivity contribution in [1.29, 1.82) is 0 Å². The van der Waals surface area contributed by atoms with Crippen LogP contribution in [0.2, 0.25) is 0 Å². The number of nitrogens with zero attached hydrogens (tertiary/aromatic N) is 2. The first-order valence-electron chi connectivity index (χ1n) is 8.85. The molecule has 2 aliphatic rings. The standard InChI is InChI=1S/C19H26N2O2S/c1-15(22)20-11-8-17(9-12-20)19(23)21-10-7-16(13-21)14-24-18-5-3-2-4-6-18/h2-6,16-17H,7-14H2,1H3/t16-/m1/s1. The van der Waals surface area contributed by atoms with E-state index in [2.05, 4.69) is 29.2 Å². The molecule has 130 valence electrons. The monoisotopic (exact) mass is 346 g/mol. The second kappa shape index (κ2) is 8.06. The number of benzene rings is 1. The molecule has 0 spiro atoms. The predicted octanol–water partition coefficient (Wildman–Crippen LogP) is 2.89. The van der Waals surface area contributed by atoms with E-state index >= 15 is 0 Å². The Labute approximate surface area is 148 Å². The molecule has 5 heteroatoms. The molecule has 1 atom stereocenters. The Morgan fingerprint density at radius 1 is 1.04 bits per heavy atom. The van der Waals surface area contributed by atoms with Gasteiger partial charge in [-0.3, -0.25) is 9.59 Å². The third-order valence-corrected chi connectivity index (χ3v) is 6.36. The van der Waals surface area contributed by atoms with Crippen molar-refractivity contribution in [3.63, 3.8) is 0 Å². The van der Waals surface area contributed by atoms with Gasteiger partial charge in [0.25, 0.3) is 0 Å². The summed E-state index contributed by atoms with van der Waals surface area (Å²) in [6, 6.07) is 10.5. The number of carbonyl (C=O) groups is 2. The van der Waals surface area contributed by atoms with Crippen LogP contribution >= 0.6 is 11.8 Å². The van der Waals surface area contributed by atoms with Gasteiger partial charge >= 0.3 is 0 Å². The van der Waals surface area contributed by atoms with Gasteiger partial charge in [0, 0.05) is 49.7 Å². The van der Waals surface area contributed by atoms with Crippen molar-refractivity contribution in [3.05, 3.63) is 30.3 Å². The highest BCUT2D eigenvalue weighted by atomic mass is 32.2. The van der Waals surface area contributed by atoms with E-state index in [1.807, 2.05) is 22.7 Å². The molecule has 0 aliphatic carbocycles. The van der Waals surface area contributed by atoms with Gasteiger partial charge in [0.2, 0.25) is 11.8 Å². The third kappa shape index (κ3) is 4.32. The van der Waals surface area contributed by atoms with Crippen LogP contribution in [0.25, 0.3) is 0 Å². The van der Waals surface area contributed by atoms with Crippen LogP contribution in [0.15, 0.2) is 35.2 Å². The number of piperidine rings is 1. The Kier molecular flexibility index (Phi) is 5.82. The van der Waals surface area contributed by atoms with E-state index in [0.29, 0.717) is 11.8 Å². The summed E-state index contributed by atoms with van der Waals surface area (Å²) in [6.45, 7) is 4.86. The lowest BCUT2D eigenvalue weighted by Crippen LogP contribution is -2.43. The lowest BCUT2D eigenvalue weighted by Gasteiger charge is -2.32. The molecular formula is C19H26N2O2S. The molecule has 3 rings (SSSR count). The minimum Gasteiger partial charge on any atom is -0.343 e. The molecule has 24 heavy (non-hydrogen) atoms. The maximum atomic E-state index is 12.7. The van der Waals surface area contributed by atoms with Gasteiger partial charge in [-0.1, -0.05) is 18.2 Å². The second-order valence-electron chi connectivity index (χ2n) is 6.84. The summed E-state index contributed by atoms with van der Waals surface area (Å²) in [5.74, 6) is 2.22. The molecule has 0 aromatic heterocycles. The fraction of sp³-hybridized carbons (Fsp3) is 0.579. The average molecular weight is 346 g/mol. The minimum atomic E-state index is 0.112. The summed E-state index contributed by atoms with van der Waals surface area (Å²) in [7, 11) is 0. The highest BCUT2D eigenvalue weighted by Crippen LogP contribution is 2.28. The fourth-order valence-corrected chi connectivity index (χ4v) is 4.65. The van der Waals surface area contributed by atoms with Gasteiger partial charge in [0.15, 0.2) is 0 Å². The molecule has 2 saturated heterocycles. The third-order valence-electron chi connectivity index (χ3n) is 5.12. The van der Waals surface area contributed by atoms with Gasteiger partial charge in [0.05, 0.1) is 0 Å². The van der Waals surface area contributed by atoms with E-state index < -0.39 is 0 Å². The van der Waals surface area contributed by atoms with Crippen LogP contribution in [-0.2, 0) is 9.59 Å². The number of carbonyl (C=O) groups excluding carboxylic acids is 2. The molecule has 2 aliphatic heterocycles. The maximum Gasteiger partial charge on any atom is 0.225 e. The van der Waals surface area contributed by atoms with E-state index in [4.69, 9.17) is 0 Å². The first-order chi connectivity index (χ1) is 11.6. The van der Waals surface area contributed by atoms with Gasteiger partial charge in [-0.05, 0) is 37.3 Å². The van der Waals surface area contributed by atoms with Crippen molar-refractivity contribution < 1.29 is 9.59 Å². The van der Waals surface area contributed by atoms with Gasteiger partial charge in [-0.25, -0.2) is 0 Å². The number of likely N-dealkylation sites (tertiary alicyclic amines) is 2. The Morgan fingerprint density at radius 3 is 2.38 bits per heavy atom. The van der Waals surface area contributed by atoms with Gasteiger partial charge in [-0.2, -0.15) is 0 Å². The van der Waals surface area contributed by atoms with Crippen molar-refractivity contribution in [1.82, 2.24) is 9.80 Å². The molecule has 0 bridgehead atoms. The molecule has 4 nitrogen and oxygen atoms in total.